The van der Waals surface area contributed by atoms with Crippen LogP contribution in [0.1, 0.15) is 0 Å². The minimum Gasteiger partial charge on any atom is -0.406 e. The first-order chi connectivity index (χ1) is 14.5. The Bertz CT molecular complexity index is 1060. The van der Waals surface area contributed by atoms with Crippen molar-refractivity contribution in [3.8, 4) is 28.5 Å². The van der Waals surface area contributed by atoms with Crippen LogP contribution in [0.2, 0.25) is 0 Å². The molecule has 0 radical (unpaired) electrons. The maximum absolute atomic E-state index is 12.3. The van der Waals surface area contributed by atoms with Crippen LogP contribution >= 0.6 is 0 Å². The van der Waals surface area contributed by atoms with Crippen molar-refractivity contribution in [2.24, 2.45) is 0 Å². The summed E-state index contributed by atoms with van der Waals surface area (Å²) in [4.78, 5) is 17.5. The number of anilines is 2. The topological polar surface area (TPSA) is 72.8 Å². The van der Waals surface area contributed by atoms with E-state index < -0.39 is 6.36 Å². The van der Waals surface area contributed by atoms with Gasteiger partial charge in [-0.3, -0.25) is 9.97 Å². The number of hydrogen-bond donors (Lipinski definition) is 1. The van der Waals surface area contributed by atoms with Crippen molar-refractivity contribution in [3.63, 3.8) is 0 Å². The molecule has 1 N–H and O–H groups in total. The Labute approximate surface area is 169 Å². The van der Waals surface area contributed by atoms with E-state index in [-0.39, 0.29) is 5.75 Å². The van der Waals surface area contributed by atoms with Crippen molar-refractivity contribution < 1.29 is 17.9 Å². The fraction of sp³-hybridized carbons (Fsp3) is 0.0476. The SMILES string of the molecule is FC(F)(F)Oc1ccc(Nc2cc(-c3ccccn3)nc(-c3cccnc3)n2)cc1. The molecule has 0 spiro atoms. The van der Waals surface area contributed by atoms with Crippen LogP contribution in [0.15, 0.2) is 79.3 Å². The van der Waals surface area contributed by atoms with Gasteiger partial charge in [0.15, 0.2) is 5.82 Å². The molecule has 6 nitrogen and oxygen atoms in total. The molecule has 0 aliphatic carbocycles. The maximum atomic E-state index is 12.3. The average molecular weight is 409 g/mol. The Morgan fingerprint density at radius 1 is 0.833 bits per heavy atom. The van der Waals surface area contributed by atoms with Crippen LogP contribution in [0.3, 0.4) is 0 Å². The first-order valence-corrected chi connectivity index (χ1v) is 8.80. The van der Waals surface area contributed by atoms with Crippen LogP contribution in [0.4, 0.5) is 24.7 Å². The molecular weight excluding hydrogens is 395 g/mol. The fourth-order valence-corrected chi connectivity index (χ4v) is 2.67. The smallest absolute Gasteiger partial charge is 0.406 e. The molecule has 3 heterocycles. The van der Waals surface area contributed by atoms with Gasteiger partial charge in [0.2, 0.25) is 0 Å². The summed E-state index contributed by atoms with van der Waals surface area (Å²) in [5, 5.41) is 3.08. The summed E-state index contributed by atoms with van der Waals surface area (Å²) in [7, 11) is 0. The molecule has 1 aromatic carbocycles. The summed E-state index contributed by atoms with van der Waals surface area (Å²) in [5.41, 5.74) is 2.49. The maximum Gasteiger partial charge on any atom is 0.573 e. The molecule has 0 bridgehead atoms. The molecule has 0 saturated heterocycles. The quantitative estimate of drug-likeness (QED) is 0.486. The normalized spacial score (nSPS) is 11.2. The largest absolute Gasteiger partial charge is 0.573 e. The number of aromatic nitrogens is 4. The number of halogens is 3. The first kappa shape index (κ1) is 19.3. The second-order valence-electron chi connectivity index (χ2n) is 6.12. The van der Waals surface area contributed by atoms with Gasteiger partial charge >= 0.3 is 6.36 Å². The van der Waals surface area contributed by atoms with Gasteiger partial charge in [-0.05, 0) is 48.5 Å². The highest BCUT2D eigenvalue weighted by Gasteiger charge is 2.30. The third kappa shape index (κ3) is 4.88. The number of nitrogens with one attached hydrogen (secondary N) is 1. The van der Waals surface area contributed by atoms with Gasteiger partial charge in [0, 0.05) is 35.9 Å². The predicted molar refractivity (Wildman–Crippen MR) is 105 cm³/mol. The Balaban J connectivity index is 1.67. The van der Waals surface area contributed by atoms with Gasteiger partial charge in [0.25, 0.3) is 0 Å². The van der Waals surface area contributed by atoms with Crippen LogP contribution in [0.25, 0.3) is 22.8 Å². The van der Waals surface area contributed by atoms with Gasteiger partial charge in [-0.25, -0.2) is 9.97 Å². The van der Waals surface area contributed by atoms with Crippen LogP contribution in [-0.4, -0.2) is 26.3 Å². The summed E-state index contributed by atoms with van der Waals surface area (Å²) in [6.45, 7) is 0. The zero-order valence-electron chi connectivity index (χ0n) is 15.3. The molecule has 30 heavy (non-hydrogen) atoms. The van der Waals surface area contributed by atoms with E-state index in [0.29, 0.717) is 34.3 Å². The Morgan fingerprint density at radius 2 is 1.67 bits per heavy atom. The van der Waals surface area contributed by atoms with E-state index >= 15 is 0 Å². The molecule has 0 aliphatic heterocycles. The third-order valence-corrected chi connectivity index (χ3v) is 3.93. The van der Waals surface area contributed by atoms with Crippen molar-refractivity contribution in [2.75, 3.05) is 5.32 Å². The third-order valence-electron chi connectivity index (χ3n) is 3.93. The number of ether oxygens (including phenoxy) is 1. The second kappa shape index (κ2) is 8.16. The summed E-state index contributed by atoms with van der Waals surface area (Å²) >= 11 is 0. The lowest BCUT2D eigenvalue weighted by atomic mass is 10.2. The molecule has 0 saturated carbocycles. The van der Waals surface area contributed by atoms with Gasteiger partial charge in [-0.2, -0.15) is 0 Å². The van der Waals surface area contributed by atoms with E-state index in [0.717, 1.165) is 0 Å². The van der Waals surface area contributed by atoms with Gasteiger partial charge in [0.1, 0.15) is 11.6 Å². The van der Waals surface area contributed by atoms with Crippen LogP contribution in [-0.2, 0) is 0 Å². The van der Waals surface area contributed by atoms with Gasteiger partial charge < -0.3 is 10.1 Å². The highest BCUT2D eigenvalue weighted by atomic mass is 19.4. The monoisotopic (exact) mass is 409 g/mol. The Morgan fingerprint density at radius 3 is 2.33 bits per heavy atom. The minimum absolute atomic E-state index is 0.305. The summed E-state index contributed by atoms with van der Waals surface area (Å²) in [6, 6.07) is 16.2. The van der Waals surface area contributed by atoms with E-state index in [9.17, 15) is 13.2 Å². The van der Waals surface area contributed by atoms with Gasteiger partial charge in [-0.1, -0.05) is 6.07 Å². The average Bonchev–Trinajstić information content (AvgIpc) is 2.75. The highest BCUT2D eigenvalue weighted by Crippen LogP contribution is 2.27. The first-order valence-electron chi connectivity index (χ1n) is 8.80. The molecular formula is C21H14F3N5O. The second-order valence-corrected chi connectivity index (χ2v) is 6.12. The highest BCUT2D eigenvalue weighted by molar-refractivity contribution is 5.68. The summed E-state index contributed by atoms with van der Waals surface area (Å²) in [6.07, 6.45) is 0.214. The van der Waals surface area contributed by atoms with Gasteiger partial charge in [-0.15, -0.1) is 13.2 Å². The van der Waals surface area contributed by atoms with Gasteiger partial charge in [0.05, 0.1) is 11.4 Å². The molecule has 0 unspecified atom stereocenters. The van der Waals surface area contributed by atoms with Crippen molar-refractivity contribution in [1.29, 1.82) is 0 Å². The summed E-state index contributed by atoms with van der Waals surface area (Å²) < 4.78 is 40.9. The van der Waals surface area contributed by atoms with Crippen LogP contribution in [0, 0.1) is 0 Å². The lowest BCUT2D eigenvalue weighted by Gasteiger charge is -2.12. The summed E-state index contributed by atoms with van der Waals surface area (Å²) in [5.74, 6) is 0.584. The van der Waals surface area contributed by atoms with E-state index in [2.05, 4.69) is 30.0 Å². The number of benzene rings is 1. The van der Waals surface area contributed by atoms with E-state index in [1.165, 1.54) is 24.3 Å². The molecule has 0 amide bonds. The molecule has 150 valence electrons. The Hall–Kier alpha value is -4.01. The number of rotatable bonds is 5. The number of pyridine rings is 2. The zero-order valence-corrected chi connectivity index (χ0v) is 15.3. The van der Waals surface area contributed by atoms with E-state index in [1.54, 1.807) is 36.8 Å². The van der Waals surface area contributed by atoms with E-state index in [1.807, 2.05) is 18.2 Å². The van der Waals surface area contributed by atoms with Crippen molar-refractivity contribution >= 4 is 11.5 Å². The molecule has 4 aromatic rings. The molecule has 3 aromatic heterocycles. The molecule has 0 atom stereocenters. The lowest BCUT2D eigenvalue weighted by Crippen LogP contribution is -2.16. The van der Waals surface area contributed by atoms with Crippen LogP contribution in [0.5, 0.6) is 5.75 Å². The number of nitrogens with zero attached hydrogens (tertiary/aromatic N) is 4. The minimum atomic E-state index is -4.74. The van der Waals surface area contributed by atoms with Crippen molar-refractivity contribution in [3.05, 3.63) is 79.3 Å². The number of hydrogen-bond acceptors (Lipinski definition) is 6. The van der Waals surface area contributed by atoms with Crippen molar-refractivity contribution in [1.82, 2.24) is 19.9 Å². The molecule has 0 aliphatic rings. The van der Waals surface area contributed by atoms with Crippen LogP contribution < -0.4 is 10.1 Å². The van der Waals surface area contributed by atoms with E-state index in [4.69, 9.17) is 0 Å². The molecule has 0 fully saturated rings. The van der Waals surface area contributed by atoms with Crippen molar-refractivity contribution in [2.45, 2.75) is 6.36 Å². The standard InChI is InChI=1S/C21H14F3N5O/c22-21(23,24)30-16-8-6-15(7-9-16)27-19-12-18(17-5-1-2-11-26-17)28-20(29-19)14-4-3-10-25-13-14/h1-13H,(H,27,28,29). The lowest BCUT2D eigenvalue weighted by molar-refractivity contribution is -0.274. The predicted octanol–water partition coefficient (Wildman–Crippen LogP) is 5.24. The number of alkyl halides is 3. The molecule has 4 rings (SSSR count). The zero-order chi connectivity index (χ0) is 21.0. The Kier molecular flexibility index (Phi) is 5.25. The fourth-order valence-electron chi connectivity index (χ4n) is 2.67. The molecule has 9 heteroatoms.